The summed E-state index contributed by atoms with van der Waals surface area (Å²) in [5, 5.41) is 4.31. The van der Waals surface area contributed by atoms with E-state index in [1.54, 1.807) is 7.11 Å². The van der Waals surface area contributed by atoms with Crippen molar-refractivity contribution in [2.24, 2.45) is 0 Å². The molecule has 0 bridgehead atoms. The molecule has 1 aromatic heterocycles. The molecule has 0 aliphatic carbocycles. The highest BCUT2D eigenvalue weighted by molar-refractivity contribution is 5.58. The lowest BCUT2D eigenvalue weighted by atomic mass is 10.1. The van der Waals surface area contributed by atoms with Crippen LogP contribution in [-0.2, 0) is 16.0 Å². The van der Waals surface area contributed by atoms with Crippen molar-refractivity contribution >= 4 is 0 Å². The molecule has 1 unspecified atom stereocenters. The van der Waals surface area contributed by atoms with Crippen LogP contribution in [0.2, 0.25) is 0 Å². The summed E-state index contributed by atoms with van der Waals surface area (Å²) in [6.45, 7) is 3.17. The second-order valence-corrected chi connectivity index (χ2v) is 3.98. The zero-order valence-corrected chi connectivity index (χ0v) is 10.7. The molecule has 0 aliphatic heterocycles. The Balaban J connectivity index is 2.00. The van der Waals surface area contributed by atoms with E-state index in [0.29, 0.717) is 13.2 Å². The third-order valence-corrected chi connectivity index (χ3v) is 2.77. The van der Waals surface area contributed by atoms with E-state index in [2.05, 4.69) is 17.2 Å². The Bertz CT molecular complexity index is 468. The van der Waals surface area contributed by atoms with E-state index in [4.69, 9.17) is 9.47 Å². The van der Waals surface area contributed by atoms with Crippen LogP contribution in [0.5, 0.6) is 0 Å². The van der Waals surface area contributed by atoms with E-state index >= 15 is 0 Å². The molecule has 0 saturated heterocycles. The standard InChI is InChI=1S/C14H18N2O2/c1-12(17-2)18-11-10-16-14(8-9-15-16)13-6-4-3-5-7-13/h3-9,12H,10-11H2,1-2H3. The van der Waals surface area contributed by atoms with Crippen LogP contribution in [0.25, 0.3) is 11.3 Å². The fourth-order valence-electron chi connectivity index (χ4n) is 1.74. The first kappa shape index (κ1) is 12.8. The van der Waals surface area contributed by atoms with Gasteiger partial charge in [-0.2, -0.15) is 5.10 Å². The van der Waals surface area contributed by atoms with Crippen LogP contribution in [0.15, 0.2) is 42.6 Å². The van der Waals surface area contributed by atoms with Crippen molar-refractivity contribution in [3.63, 3.8) is 0 Å². The van der Waals surface area contributed by atoms with Gasteiger partial charge in [0.25, 0.3) is 0 Å². The highest BCUT2D eigenvalue weighted by atomic mass is 16.7. The van der Waals surface area contributed by atoms with Gasteiger partial charge in [-0.1, -0.05) is 30.3 Å². The molecule has 0 fully saturated rings. The number of methoxy groups -OCH3 is 1. The largest absolute Gasteiger partial charge is 0.356 e. The Kier molecular flexibility index (Phi) is 4.50. The van der Waals surface area contributed by atoms with E-state index in [-0.39, 0.29) is 6.29 Å². The Morgan fingerprint density at radius 2 is 2.00 bits per heavy atom. The normalized spacial score (nSPS) is 12.6. The topological polar surface area (TPSA) is 36.3 Å². The number of aromatic nitrogens is 2. The summed E-state index contributed by atoms with van der Waals surface area (Å²) >= 11 is 0. The van der Waals surface area contributed by atoms with Gasteiger partial charge in [-0.15, -0.1) is 0 Å². The second kappa shape index (κ2) is 6.33. The molecule has 0 saturated carbocycles. The number of ether oxygens (including phenoxy) is 2. The predicted octanol–water partition coefficient (Wildman–Crippen LogP) is 2.56. The third-order valence-electron chi connectivity index (χ3n) is 2.77. The molecule has 0 N–H and O–H groups in total. The van der Waals surface area contributed by atoms with Crippen molar-refractivity contribution in [3.05, 3.63) is 42.6 Å². The van der Waals surface area contributed by atoms with E-state index in [0.717, 1.165) is 11.3 Å². The molecule has 1 heterocycles. The molecular formula is C14H18N2O2. The van der Waals surface area contributed by atoms with Gasteiger partial charge in [-0.05, 0) is 18.6 Å². The van der Waals surface area contributed by atoms with Crippen LogP contribution < -0.4 is 0 Å². The smallest absolute Gasteiger partial charge is 0.154 e. The molecule has 2 rings (SSSR count). The Morgan fingerprint density at radius 3 is 2.72 bits per heavy atom. The number of benzene rings is 1. The molecule has 18 heavy (non-hydrogen) atoms. The summed E-state index contributed by atoms with van der Waals surface area (Å²) in [6.07, 6.45) is 1.63. The maximum Gasteiger partial charge on any atom is 0.154 e. The Hall–Kier alpha value is -1.65. The molecule has 0 spiro atoms. The predicted molar refractivity (Wildman–Crippen MR) is 70.1 cm³/mol. The minimum atomic E-state index is -0.180. The molecule has 4 heteroatoms. The van der Waals surface area contributed by atoms with Gasteiger partial charge in [0.05, 0.1) is 18.8 Å². The van der Waals surface area contributed by atoms with E-state index in [1.807, 2.05) is 42.1 Å². The lowest BCUT2D eigenvalue weighted by molar-refractivity contribution is -0.112. The molecule has 4 nitrogen and oxygen atoms in total. The van der Waals surface area contributed by atoms with E-state index in [9.17, 15) is 0 Å². The van der Waals surface area contributed by atoms with Crippen LogP contribution in [0.3, 0.4) is 0 Å². The maximum atomic E-state index is 5.47. The van der Waals surface area contributed by atoms with Gasteiger partial charge >= 0.3 is 0 Å². The van der Waals surface area contributed by atoms with Gasteiger partial charge in [-0.25, -0.2) is 0 Å². The SMILES string of the molecule is COC(C)OCCn1nccc1-c1ccccc1. The quantitative estimate of drug-likeness (QED) is 0.735. The highest BCUT2D eigenvalue weighted by Crippen LogP contribution is 2.17. The van der Waals surface area contributed by atoms with Crippen LogP contribution in [0.4, 0.5) is 0 Å². The minimum absolute atomic E-state index is 0.180. The van der Waals surface area contributed by atoms with Crippen LogP contribution in [0.1, 0.15) is 6.92 Å². The van der Waals surface area contributed by atoms with E-state index < -0.39 is 0 Å². The summed E-state index contributed by atoms with van der Waals surface area (Å²) in [5.74, 6) is 0. The van der Waals surface area contributed by atoms with Crippen molar-refractivity contribution < 1.29 is 9.47 Å². The summed E-state index contributed by atoms with van der Waals surface area (Å²) < 4.78 is 12.4. The summed E-state index contributed by atoms with van der Waals surface area (Å²) in [4.78, 5) is 0. The third kappa shape index (κ3) is 3.18. The van der Waals surface area contributed by atoms with Crippen molar-refractivity contribution in [1.82, 2.24) is 9.78 Å². The van der Waals surface area contributed by atoms with Crippen molar-refractivity contribution in [2.75, 3.05) is 13.7 Å². The first-order chi connectivity index (χ1) is 8.81. The van der Waals surface area contributed by atoms with Gasteiger partial charge < -0.3 is 9.47 Å². The summed E-state index contributed by atoms with van der Waals surface area (Å²) in [6, 6.07) is 12.2. The molecule has 1 aromatic carbocycles. The zero-order valence-electron chi connectivity index (χ0n) is 10.7. The molecule has 0 radical (unpaired) electrons. The highest BCUT2D eigenvalue weighted by Gasteiger charge is 2.05. The fraction of sp³-hybridized carbons (Fsp3) is 0.357. The van der Waals surface area contributed by atoms with Gasteiger partial charge in [0.15, 0.2) is 6.29 Å². The lowest BCUT2D eigenvalue weighted by Gasteiger charge is -2.12. The van der Waals surface area contributed by atoms with Crippen LogP contribution >= 0.6 is 0 Å². The first-order valence-electron chi connectivity index (χ1n) is 6.03. The van der Waals surface area contributed by atoms with Crippen molar-refractivity contribution in [2.45, 2.75) is 19.8 Å². The van der Waals surface area contributed by atoms with Crippen molar-refractivity contribution in [1.29, 1.82) is 0 Å². The number of nitrogens with zero attached hydrogens (tertiary/aromatic N) is 2. The van der Waals surface area contributed by atoms with Crippen molar-refractivity contribution in [3.8, 4) is 11.3 Å². The average Bonchev–Trinajstić information content (AvgIpc) is 2.88. The van der Waals surface area contributed by atoms with E-state index in [1.165, 1.54) is 0 Å². The van der Waals surface area contributed by atoms with Gasteiger partial charge in [-0.3, -0.25) is 4.68 Å². The Morgan fingerprint density at radius 1 is 1.22 bits per heavy atom. The molecule has 0 amide bonds. The minimum Gasteiger partial charge on any atom is -0.356 e. The van der Waals surface area contributed by atoms with Gasteiger partial charge in [0.2, 0.25) is 0 Å². The summed E-state index contributed by atoms with van der Waals surface area (Å²) in [7, 11) is 1.63. The average molecular weight is 246 g/mol. The zero-order chi connectivity index (χ0) is 12.8. The fourth-order valence-corrected chi connectivity index (χ4v) is 1.74. The number of hydrogen-bond acceptors (Lipinski definition) is 3. The molecule has 2 aromatic rings. The lowest BCUT2D eigenvalue weighted by Crippen LogP contribution is -2.15. The molecule has 1 atom stereocenters. The first-order valence-corrected chi connectivity index (χ1v) is 6.03. The van der Waals surface area contributed by atoms with Gasteiger partial charge in [0, 0.05) is 13.3 Å². The van der Waals surface area contributed by atoms with Gasteiger partial charge in [0.1, 0.15) is 0 Å². The second-order valence-electron chi connectivity index (χ2n) is 3.98. The summed E-state index contributed by atoms with van der Waals surface area (Å²) in [5.41, 5.74) is 2.26. The molecule has 0 aliphatic rings. The van der Waals surface area contributed by atoms with Crippen LogP contribution in [0, 0.1) is 0 Å². The maximum absolute atomic E-state index is 5.47. The molecular weight excluding hydrogens is 228 g/mol. The number of rotatable bonds is 6. The van der Waals surface area contributed by atoms with Crippen LogP contribution in [-0.4, -0.2) is 29.8 Å². The molecule has 96 valence electrons. The number of hydrogen-bond donors (Lipinski definition) is 0. The monoisotopic (exact) mass is 246 g/mol. The Labute approximate surface area is 107 Å².